The Morgan fingerprint density at radius 2 is 1.83 bits per heavy atom. The van der Waals surface area contributed by atoms with Crippen LogP contribution < -0.4 is 10.6 Å². The zero-order chi connectivity index (χ0) is 17.4. The molecule has 2 N–H and O–H groups in total. The number of hydrogen-bond acceptors (Lipinski definition) is 2. The Labute approximate surface area is 151 Å². The molecular formula is C18H19Cl2FN2O. The number of nitrogens with one attached hydrogen (secondary N) is 2. The van der Waals surface area contributed by atoms with Gasteiger partial charge in [0.2, 0.25) is 5.91 Å². The molecule has 2 rings (SSSR count). The van der Waals surface area contributed by atoms with Gasteiger partial charge in [-0.05, 0) is 36.7 Å². The summed E-state index contributed by atoms with van der Waals surface area (Å²) in [5, 5.41) is 7.16. The first-order chi connectivity index (χ1) is 11.6. The SMILES string of the molecule is O=C(CCNCCc1ccc(Cl)cc1Cl)NCc1ccccc1F. The van der Waals surface area contributed by atoms with Gasteiger partial charge in [-0.3, -0.25) is 4.79 Å². The monoisotopic (exact) mass is 368 g/mol. The van der Waals surface area contributed by atoms with Crippen molar-refractivity contribution in [3.63, 3.8) is 0 Å². The molecule has 128 valence electrons. The van der Waals surface area contributed by atoms with E-state index in [1.54, 1.807) is 30.3 Å². The third kappa shape index (κ3) is 6.11. The van der Waals surface area contributed by atoms with E-state index in [1.807, 2.05) is 6.07 Å². The fourth-order valence-corrected chi connectivity index (χ4v) is 2.70. The number of carbonyl (C=O) groups excluding carboxylic acids is 1. The topological polar surface area (TPSA) is 41.1 Å². The lowest BCUT2D eigenvalue weighted by molar-refractivity contribution is -0.121. The van der Waals surface area contributed by atoms with Crippen LogP contribution in [0.2, 0.25) is 10.0 Å². The van der Waals surface area contributed by atoms with E-state index in [9.17, 15) is 9.18 Å². The van der Waals surface area contributed by atoms with Crippen LogP contribution in [0.15, 0.2) is 42.5 Å². The van der Waals surface area contributed by atoms with Gasteiger partial charge in [0.05, 0.1) is 0 Å². The molecule has 0 spiro atoms. The third-order valence-corrected chi connectivity index (χ3v) is 4.14. The highest BCUT2D eigenvalue weighted by Crippen LogP contribution is 2.20. The zero-order valence-electron chi connectivity index (χ0n) is 13.1. The lowest BCUT2D eigenvalue weighted by atomic mass is 10.1. The minimum atomic E-state index is -0.309. The molecule has 24 heavy (non-hydrogen) atoms. The second-order valence-corrected chi connectivity index (χ2v) is 6.20. The first kappa shape index (κ1) is 18.7. The van der Waals surface area contributed by atoms with Gasteiger partial charge in [0, 0.05) is 35.1 Å². The standard InChI is InChI=1S/C18H19Cl2FN2O/c19-15-6-5-13(16(20)11-15)7-9-22-10-8-18(24)23-12-14-3-1-2-4-17(14)21/h1-6,11,22H,7-10,12H2,(H,23,24). The van der Waals surface area contributed by atoms with Crippen LogP contribution in [0.25, 0.3) is 0 Å². The van der Waals surface area contributed by atoms with Crippen LogP contribution in [0.3, 0.4) is 0 Å². The normalized spacial score (nSPS) is 10.6. The molecule has 0 aliphatic rings. The van der Waals surface area contributed by atoms with Crippen LogP contribution in [-0.2, 0) is 17.8 Å². The van der Waals surface area contributed by atoms with E-state index in [4.69, 9.17) is 23.2 Å². The summed E-state index contributed by atoms with van der Waals surface area (Å²) in [6.07, 6.45) is 1.09. The number of rotatable bonds is 8. The maximum Gasteiger partial charge on any atom is 0.221 e. The van der Waals surface area contributed by atoms with Crippen molar-refractivity contribution in [1.82, 2.24) is 10.6 Å². The van der Waals surface area contributed by atoms with Crippen molar-refractivity contribution in [2.45, 2.75) is 19.4 Å². The predicted molar refractivity (Wildman–Crippen MR) is 95.9 cm³/mol. The van der Waals surface area contributed by atoms with Gasteiger partial charge in [-0.1, -0.05) is 47.5 Å². The minimum Gasteiger partial charge on any atom is -0.352 e. The Bertz CT molecular complexity index is 694. The van der Waals surface area contributed by atoms with Gasteiger partial charge in [-0.2, -0.15) is 0 Å². The van der Waals surface area contributed by atoms with Crippen LogP contribution in [0.4, 0.5) is 4.39 Å². The van der Waals surface area contributed by atoms with Crippen molar-refractivity contribution < 1.29 is 9.18 Å². The number of hydrogen-bond donors (Lipinski definition) is 2. The van der Waals surface area contributed by atoms with Crippen LogP contribution in [0, 0.1) is 5.82 Å². The molecule has 0 aromatic heterocycles. The lowest BCUT2D eigenvalue weighted by Gasteiger charge is -2.08. The summed E-state index contributed by atoms with van der Waals surface area (Å²) in [6, 6.07) is 11.8. The molecule has 0 saturated carbocycles. The molecule has 0 radical (unpaired) electrons. The zero-order valence-corrected chi connectivity index (χ0v) is 14.6. The van der Waals surface area contributed by atoms with E-state index in [0.29, 0.717) is 35.1 Å². The lowest BCUT2D eigenvalue weighted by Crippen LogP contribution is -2.28. The molecule has 0 aliphatic heterocycles. The van der Waals surface area contributed by atoms with Crippen molar-refractivity contribution in [3.8, 4) is 0 Å². The molecule has 0 bridgehead atoms. The van der Waals surface area contributed by atoms with E-state index in [-0.39, 0.29) is 18.3 Å². The van der Waals surface area contributed by atoms with E-state index < -0.39 is 0 Å². The molecule has 0 saturated heterocycles. The third-order valence-electron chi connectivity index (χ3n) is 3.55. The Balaban J connectivity index is 1.62. The van der Waals surface area contributed by atoms with Gasteiger partial charge >= 0.3 is 0 Å². The van der Waals surface area contributed by atoms with Gasteiger partial charge in [0.15, 0.2) is 0 Å². The number of halogens is 3. The smallest absolute Gasteiger partial charge is 0.221 e. The fraction of sp³-hybridized carbons (Fsp3) is 0.278. The van der Waals surface area contributed by atoms with E-state index in [1.165, 1.54) is 6.07 Å². The summed E-state index contributed by atoms with van der Waals surface area (Å²) in [4.78, 5) is 11.7. The van der Waals surface area contributed by atoms with E-state index >= 15 is 0 Å². The van der Waals surface area contributed by atoms with Crippen LogP contribution in [0.1, 0.15) is 17.5 Å². The van der Waals surface area contributed by atoms with Crippen molar-refractivity contribution in [2.24, 2.45) is 0 Å². The number of amides is 1. The van der Waals surface area contributed by atoms with Gasteiger partial charge in [0.1, 0.15) is 5.82 Å². The summed E-state index contributed by atoms with van der Waals surface area (Å²) in [5.41, 5.74) is 1.49. The van der Waals surface area contributed by atoms with Gasteiger partial charge in [-0.15, -0.1) is 0 Å². The Kier molecular flexibility index (Phi) is 7.50. The summed E-state index contributed by atoms with van der Waals surface area (Å²) < 4.78 is 13.4. The maximum absolute atomic E-state index is 13.4. The van der Waals surface area contributed by atoms with Crippen LogP contribution in [0.5, 0.6) is 0 Å². The van der Waals surface area contributed by atoms with Crippen molar-refractivity contribution in [1.29, 1.82) is 0 Å². The highest BCUT2D eigenvalue weighted by molar-refractivity contribution is 6.35. The van der Waals surface area contributed by atoms with Crippen molar-refractivity contribution in [3.05, 3.63) is 69.5 Å². The molecule has 3 nitrogen and oxygen atoms in total. The summed E-state index contributed by atoms with van der Waals surface area (Å²) >= 11 is 11.9. The molecule has 6 heteroatoms. The fourth-order valence-electron chi connectivity index (χ4n) is 2.20. The first-order valence-corrected chi connectivity index (χ1v) is 8.46. The number of benzene rings is 2. The molecule has 1 amide bonds. The quantitative estimate of drug-likeness (QED) is 0.692. The van der Waals surface area contributed by atoms with Crippen LogP contribution in [-0.4, -0.2) is 19.0 Å². The summed E-state index contributed by atoms with van der Waals surface area (Å²) in [5.74, 6) is -0.425. The molecule has 0 aliphatic carbocycles. The van der Waals surface area contributed by atoms with Gasteiger partial charge in [0.25, 0.3) is 0 Å². The Morgan fingerprint density at radius 3 is 2.58 bits per heavy atom. The van der Waals surface area contributed by atoms with Crippen LogP contribution >= 0.6 is 23.2 Å². The molecule has 2 aromatic carbocycles. The van der Waals surface area contributed by atoms with Crippen molar-refractivity contribution >= 4 is 29.1 Å². The highest BCUT2D eigenvalue weighted by Gasteiger charge is 2.05. The maximum atomic E-state index is 13.4. The first-order valence-electron chi connectivity index (χ1n) is 7.71. The second kappa shape index (κ2) is 9.62. The summed E-state index contributed by atoms with van der Waals surface area (Å²) in [7, 11) is 0. The van der Waals surface area contributed by atoms with Crippen molar-refractivity contribution in [2.75, 3.05) is 13.1 Å². The Morgan fingerprint density at radius 1 is 1.04 bits per heavy atom. The average molecular weight is 369 g/mol. The Hall–Kier alpha value is -1.62. The molecule has 0 heterocycles. The number of carbonyl (C=O) groups is 1. The molecule has 0 unspecified atom stereocenters. The molecule has 0 fully saturated rings. The average Bonchev–Trinajstić information content (AvgIpc) is 2.55. The highest BCUT2D eigenvalue weighted by atomic mass is 35.5. The van der Waals surface area contributed by atoms with Gasteiger partial charge < -0.3 is 10.6 Å². The van der Waals surface area contributed by atoms with Gasteiger partial charge in [-0.25, -0.2) is 4.39 Å². The largest absolute Gasteiger partial charge is 0.352 e. The minimum absolute atomic E-state index is 0.115. The van der Waals surface area contributed by atoms with E-state index in [0.717, 1.165) is 12.0 Å². The predicted octanol–water partition coefficient (Wildman–Crippen LogP) is 3.97. The second-order valence-electron chi connectivity index (χ2n) is 5.35. The van der Waals surface area contributed by atoms with E-state index in [2.05, 4.69) is 10.6 Å². The summed E-state index contributed by atoms with van der Waals surface area (Å²) in [6.45, 7) is 1.46. The molecule has 0 atom stereocenters. The molecule has 2 aromatic rings. The molecular weight excluding hydrogens is 350 g/mol.